The van der Waals surface area contributed by atoms with E-state index in [9.17, 15) is 4.79 Å². The minimum atomic E-state index is 0.201. The zero-order chi connectivity index (χ0) is 13.5. The fourth-order valence-electron chi connectivity index (χ4n) is 2.46. The van der Waals surface area contributed by atoms with Crippen LogP contribution < -0.4 is 5.73 Å². The third kappa shape index (κ3) is 4.23. The van der Waals surface area contributed by atoms with Crippen LogP contribution in [0.2, 0.25) is 0 Å². The molecule has 1 rings (SSSR count). The van der Waals surface area contributed by atoms with Gasteiger partial charge in [-0.25, -0.2) is 0 Å². The van der Waals surface area contributed by atoms with E-state index in [-0.39, 0.29) is 11.9 Å². The Hall–Kier alpha value is -0.650. The molecule has 1 aliphatic heterocycles. The summed E-state index contributed by atoms with van der Waals surface area (Å²) >= 11 is 0. The molecule has 0 saturated carbocycles. The molecule has 0 spiro atoms. The summed E-state index contributed by atoms with van der Waals surface area (Å²) in [5.74, 6) is 0.231. The average Bonchev–Trinajstić information content (AvgIpc) is 2.38. The van der Waals surface area contributed by atoms with Crippen molar-refractivity contribution >= 4 is 5.91 Å². The standard InChI is InChI=1S/C13H28N4O/c1-4-16(5-2)13(18)10-12(11-14)17-8-6-15(3)7-9-17/h12H,4-11,14H2,1-3H3. The molecule has 0 aromatic rings. The predicted octanol–water partition coefficient (Wildman–Crippen LogP) is -0.180. The molecule has 18 heavy (non-hydrogen) atoms. The molecule has 0 aromatic heterocycles. The van der Waals surface area contributed by atoms with E-state index in [1.165, 1.54) is 0 Å². The molecule has 1 atom stereocenters. The molecule has 0 aromatic carbocycles. The lowest BCUT2D eigenvalue weighted by Gasteiger charge is -2.37. The normalized spacial score (nSPS) is 19.8. The van der Waals surface area contributed by atoms with Crippen LogP contribution in [-0.4, -0.2) is 79.5 Å². The van der Waals surface area contributed by atoms with Crippen LogP contribution in [0.1, 0.15) is 20.3 Å². The number of likely N-dealkylation sites (N-methyl/N-ethyl adjacent to an activating group) is 1. The van der Waals surface area contributed by atoms with Gasteiger partial charge >= 0.3 is 0 Å². The molecule has 1 saturated heterocycles. The van der Waals surface area contributed by atoms with Crippen molar-refractivity contribution < 1.29 is 4.79 Å². The van der Waals surface area contributed by atoms with Gasteiger partial charge in [0.2, 0.25) is 5.91 Å². The monoisotopic (exact) mass is 256 g/mol. The van der Waals surface area contributed by atoms with Crippen LogP contribution in [0.15, 0.2) is 0 Å². The van der Waals surface area contributed by atoms with E-state index >= 15 is 0 Å². The van der Waals surface area contributed by atoms with E-state index < -0.39 is 0 Å². The molecule has 0 aliphatic carbocycles. The number of amides is 1. The van der Waals surface area contributed by atoms with Crippen molar-refractivity contribution in [3.05, 3.63) is 0 Å². The minimum absolute atomic E-state index is 0.201. The molecule has 1 heterocycles. The summed E-state index contributed by atoms with van der Waals surface area (Å²) in [6.45, 7) is 10.4. The number of carbonyl (C=O) groups is 1. The van der Waals surface area contributed by atoms with Crippen molar-refractivity contribution in [3.8, 4) is 0 Å². The molecule has 106 valence electrons. The van der Waals surface area contributed by atoms with Crippen molar-refractivity contribution in [1.29, 1.82) is 0 Å². The third-order valence-corrected chi connectivity index (χ3v) is 3.85. The minimum Gasteiger partial charge on any atom is -0.343 e. The predicted molar refractivity (Wildman–Crippen MR) is 74.5 cm³/mol. The van der Waals surface area contributed by atoms with Gasteiger partial charge in [0.05, 0.1) is 0 Å². The Morgan fingerprint density at radius 1 is 1.22 bits per heavy atom. The third-order valence-electron chi connectivity index (χ3n) is 3.85. The van der Waals surface area contributed by atoms with Gasteiger partial charge in [-0.05, 0) is 20.9 Å². The van der Waals surface area contributed by atoms with Gasteiger partial charge in [0.15, 0.2) is 0 Å². The van der Waals surface area contributed by atoms with Crippen LogP contribution in [-0.2, 0) is 4.79 Å². The molecule has 1 aliphatic rings. The SMILES string of the molecule is CCN(CC)C(=O)CC(CN)N1CCN(C)CC1. The molecule has 2 N–H and O–H groups in total. The molecule has 1 amide bonds. The van der Waals surface area contributed by atoms with Gasteiger partial charge in [0, 0.05) is 58.3 Å². The number of hydrogen-bond acceptors (Lipinski definition) is 4. The first-order valence-corrected chi connectivity index (χ1v) is 7.02. The Labute approximate surface area is 111 Å². The summed E-state index contributed by atoms with van der Waals surface area (Å²) < 4.78 is 0. The van der Waals surface area contributed by atoms with Crippen LogP contribution in [0, 0.1) is 0 Å². The van der Waals surface area contributed by atoms with Crippen molar-refractivity contribution in [2.75, 3.05) is 52.9 Å². The zero-order valence-electron chi connectivity index (χ0n) is 12.1. The Kier molecular flexibility index (Phi) is 6.60. The lowest BCUT2D eigenvalue weighted by Crippen LogP contribution is -2.52. The van der Waals surface area contributed by atoms with Crippen molar-refractivity contribution in [1.82, 2.24) is 14.7 Å². The summed E-state index contributed by atoms with van der Waals surface area (Å²) in [4.78, 5) is 18.7. The van der Waals surface area contributed by atoms with E-state index in [0.29, 0.717) is 13.0 Å². The van der Waals surface area contributed by atoms with Gasteiger partial charge in [-0.3, -0.25) is 9.69 Å². The molecule has 5 nitrogen and oxygen atoms in total. The van der Waals surface area contributed by atoms with E-state index in [4.69, 9.17) is 5.73 Å². The Morgan fingerprint density at radius 3 is 2.22 bits per heavy atom. The molecule has 0 radical (unpaired) electrons. The van der Waals surface area contributed by atoms with Gasteiger partial charge in [-0.1, -0.05) is 0 Å². The van der Waals surface area contributed by atoms with Crippen LogP contribution >= 0.6 is 0 Å². The topological polar surface area (TPSA) is 52.8 Å². The maximum absolute atomic E-state index is 12.1. The summed E-state index contributed by atoms with van der Waals surface area (Å²) in [6, 6.07) is 0.201. The fraction of sp³-hybridized carbons (Fsp3) is 0.923. The maximum Gasteiger partial charge on any atom is 0.224 e. The summed E-state index contributed by atoms with van der Waals surface area (Å²) in [5, 5.41) is 0. The van der Waals surface area contributed by atoms with Crippen molar-refractivity contribution in [3.63, 3.8) is 0 Å². The number of piperazine rings is 1. The highest BCUT2D eigenvalue weighted by Crippen LogP contribution is 2.09. The lowest BCUT2D eigenvalue weighted by molar-refractivity contribution is -0.132. The quantitative estimate of drug-likeness (QED) is 0.716. The number of hydrogen-bond donors (Lipinski definition) is 1. The molecular weight excluding hydrogens is 228 g/mol. The van der Waals surface area contributed by atoms with Crippen LogP contribution in [0.5, 0.6) is 0 Å². The number of rotatable bonds is 6. The van der Waals surface area contributed by atoms with Gasteiger partial charge in [-0.15, -0.1) is 0 Å². The first-order chi connectivity index (χ1) is 8.62. The Morgan fingerprint density at radius 2 is 1.78 bits per heavy atom. The number of carbonyl (C=O) groups excluding carboxylic acids is 1. The highest BCUT2D eigenvalue weighted by atomic mass is 16.2. The first-order valence-electron chi connectivity index (χ1n) is 7.02. The van der Waals surface area contributed by atoms with E-state index in [2.05, 4.69) is 16.8 Å². The molecule has 0 bridgehead atoms. The number of nitrogens with zero attached hydrogens (tertiary/aromatic N) is 3. The Balaban J connectivity index is 2.48. The highest BCUT2D eigenvalue weighted by Gasteiger charge is 2.24. The van der Waals surface area contributed by atoms with E-state index in [1.54, 1.807) is 0 Å². The average molecular weight is 256 g/mol. The molecule has 1 fully saturated rings. The molecule has 5 heteroatoms. The molecule has 1 unspecified atom stereocenters. The lowest BCUT2D eigenvalue weighted by atomic mass is 10.1. The van der Waals surface area contributed by atoms with Crippen LogP contribution in [0.4, 0.5) is 0 Å². The van der Waals surface area contributed by atoms with Gasteiger partial charge in [0.25, 0.3) is 0 Å². The second-order valence-corrected chi connectivity index (χ2v) is 5.00. The van der Waals surface area contributed by atoms with Gasteiger partial charge in [-0.2, -0.15) is 0 Å². The van der Waals surface area contributed by atoms with Gasteiger partial charge in [0.1, 0.15) is 0 Å². The highest BCUT2D eigenvalue weighted by molar-refractivity contribution is 5.76. The zero-order valence-corrected chi connectivity index (χ0v) is 12.1. The van der Waals surface area contributed by atoms with Crippen molar-refractivity contribution in [2.45, 2.75) is 26.3 Å². The smallest absolute Gasteiger partial charge is 0.224 e. The van der Waals surface area contributed by atoms with E-state index in [1.807, 2.05) is 18.7 Å². The van der Waals surface area contributed by atoms with Crippen LogP contribution in [0.25, 0.3) is 0 Å². The summed E-state index contributed by atoms with van der Waals surface area (Å²) in [7, 11) is 2.13. The van der Waals surface area contributed by atoms with Crippen LogP contribution in [0.3, 0.4) is 0 Å². The summed E-state index contributed by atoms with van der Waals surface area (Å²) in [6.07, 6.45) is 0.557. The fourth-order valence-corrected chi connectivity index (χ4v) is 2.46. The largest absolute Gasteiger partial charge is 0.343 e. The second kappa shape index (κ2) is 7.71. The van der Waals surface area contributed by atoms with Crippen molar-refractivity contribution in [2.24, 2.45) is 5.73 Å². The first kappa shape index (κ1) is 15.4. The summed E-state index contributed by atoms with van der Waals surface area (Å²) in [5.41, 5.74) is 5.84. The van der Waals surface area contributed by atoms with Gasteiger partial charge < -0.3 is 15.5 Å². The Bertz CT molecular complexity index is 247. The second-order valence-electron chi connectivity index (χ2n) is 5.00. The maximum atomic E-state index is 12.1. The molecular formula is C13H28N4O. The number of nitrogens with two attached hydrogens (primary N) is 1. The van der Waals surface area contributed by atoms with E-state index in [0.717, 1.165) is 39.3 Å².